The van der Waals surface area contributed by atoms with Crippen molar-refractivity contribution in [3.05, 3.63) is 83.8 Å². The van der Waals surface area contributed by atoms with Crippen molar-refractivity contribution in [1.82, 2.24) is 10.3 Å². The maximum absolute atomic E-state index is 14.8. The molecule has 1 aromatic heterocycles. The Hall–Kier alpha value is -4.80. The van der Waals surface area contributed by atoms with E-state index in [-0.39, 0.29) is 11.4 Å². The number of hydrogen-bond acceptors (Lipinski definition) is 6. The number of nitrogens with one attached hydrogen (secondary N) is 2. The van der Waals surface area contributed by atoms with Crippen molar-refractivity contribution in [3.8, 4) is 23.0 Å². The predicted molar refractivity (Wildman–Crippen MR) is 129 cm³/mol. The van der Waals surface area contributed by atoms with E-state index >= 15 is 0 Å². The molecule has 0 unspecified atom stereocenters. The summed E-state index contributed by atoms with van der Waals surface area (Å²) in [7, 11) is 2.97. The lowest BCUT2D eigenvalue weighted by atomic mass is 10.1. The summed E-state index contributed by atoms with van der Waals surface area (Å²) in [5.41, 5.74) is 0.0729. The third kappa shape index (κ3) is 5.72. The number of fused-ring (bicyclic) bond motifs is 1. The molecule has 0 saturated carbocycles. The topological polar surface area (TPSA) is 98.8 Å². The first-order valence-electron chi connectivity index (χ1n) is 10.8. The summed E-state index contributed by atoms with van der Waals surface area (Å²) in [5.74, 6) is -2.50. The highest BCUT2D eigenvalue weighted by atomic mass is 19.1. The van der Waals surface area contributed by atoms with Gasteiger partial charge in [0.15, 0.2) is 23.1 Å². The first-order valence-corrected chi connectivity index (χ1v) is 10.8. The lowest BCUT2D eigenvalue weighted by molar-refractivity contribution is -0.119. The molecule has 0 spiro atoms. The van der Waals surface area contributed by atoms with E-state index in [2.05, 4.69) is 10.3 Å². The normalized spacial score (nSPS) is 10.6. The molecule has 0 aliphatic rings. The van der Waals surface area contributed by atoms with Gasteiger partial charge in [-0.05, 0) is 36.4 Å². The van der Waals surface area contributed by atoms with Crippen LogP contribution in [0.15, 0.2) is 60.8 Å². The van der Waals surface area contributed by atoms with Crippen molar-refractivity contribution >= 4 is 28.5 Å². The Morgan fingerprint density at radius 1 is 0.838 bits per heavy atom. The first kappa shape index (κ1) is 25.3. The second kappa shape index (κ2) is 10.9. The number of carbonyl (C=O) groups is 2. The number of hydrogen-bond donors (Lipinski definition) is 2. The smallest absolute Gasteiger partial charge is 0.325 e. The summed E-state index contributed by atoms with van der Waals surface area (Å²) in [6.07, 6.45) is 0.801. The Morgan fingerprint density at radius 3 is 2.22 bits per heavy atom. The van der Waals surface area contributed by atoms with Crippen LogP contribution >= 0.6 is 0 Å². The molecule has 0 radical (unpaired) electrons. The van der Waals surface area contributed by atoms with Gasteiger partial charge in [-0.25, -0.2) is 18.0 Å². The number of rotatable bonds is 7. The van der Waals surface area contributed by atoms with Crippen molar-refractivity contribution in [2.24, 2.45) is 0 Å². The molecule has 0 aliphatic carbocycles. The first-order chi connectivity index (χ1) is 17.8. The highest BCUT2D eigenvalue weighted by Crippen LogP contribution is 2.37. The van der Waals surface area contributed by atoms with Crippen LogP contribution in [0.4, 0.5) is 23.7 Å². The number of benzene rings is 3. The van der Waals surface area contributed by atoms with Gasteiger partial charge in [-0.15, -0.1) is 0 Å². The van der Waals surface area contributed by atoms with Crippen LogP contribution in [0.1, 0.15) is 5.56 Å². The molecule has 2 N–H and O–H groups in total. The van der Waals surface area contributed by atoms with E-state index in [1.54, 1.807) is 18.2 Å². The van der Waals surface area contributed by atoms with E-state index in [9.17, 15) is 22.8 Å². The number of imide groups is 1. The van der Waals surface area contributed by atoms with Crippen LogP contribution in [-0.4, -0.2) is 31.1 Å². The molecule has 190 valence electrons. The molecule has 3 amide bonds. The van der Waals surface area contributed by atoms with Crippen molar-refractivity contribution < 1.29 is 37.0 Å². The number of methoxy groups -OCH3 is 2. The highest BCUT2D eigenvalue weighted by molar-refractivity contribution is 6.01. The standard InChI is InChI=1S/C26H20F3N3O5/c1-35-23-11-16-20(13-24(23)36-2)30-9-8-21(16)37-22-7-6-14(10-19(22)29)31-26(34)32-25(33)12-15-17(27)4-3-5-18(15)28/h3-11,13H,12H2,1-2H3,(H2,31,32,33,34). The van der Waals surface area contributed by atoms with Crippen LogP contribution in [0.3, 0.4) is 0 Å². The number of carbonyl (C=O) groups excluding carboxylic acids is 2. The molecule has 3 aromatic carbocycles. The van der Waals surface area contributed by atoms with Crippen molar-refractivity contribution in [3.63, 3.8) is 0 Å². The van der Waals surface area contributed by atoms with E-state index in [1.807, 2.05) is 5.32 Å². The van der Waals surface area contributed by atoms with Crippen LogP contribution in [-0.2, 0) is 11.2 Å². The molecule has 8 nitrogen and oxygen atoms in total. The fourth-order valence-electron chi connectivity index (χ4n) is 3.51. The summed E-state index contributed by atoms with van der Waals surface area (Å²) in [5, 5.41) is 4.77. The van der Waals surface area contributed by atoms with Gasteiger partial charge in [-0.3, -0.25) is 15.1 Å². The van der Waals surface area contributed by atoms with Gasteiger partial charge in [0.25, 0.3) is 0 Å². The minimum absolute atomic E-state index is 0.0122. The van der Waals surface area contributed by atoms with Crippen LogP contribution in [0, 0.1) is 17.5 Å². The minimum atomic E-state index is -1.00. The molecule has 4 aromatic rings. The third-order valence-corrected chi connectivity index (χ3v) is 5.27. The molecule has 11 heteroatoms. The summed E-state index contributed by atoms with van der Waals surface area (Å²) in [6, 6.07) is 10.6. The summed E-state index contributed by atoms with van der Waals surface area (Å²) >= 11 is 0. The summed E-state index contributed by atoms with van der Waals surface area (Å²) in [4.78, 5) is 28.4. The van der Waals surface area contributed by atoms with Crippen molar-refractivity contribution in [1.29, 1.82) is 0 Å². The summed E-state index contributed by atoms with van der Waals surface area (Å²) in [6.45, 7) is 0. The Labute approximate surface area is 209 Å². The number of halogens is 3. The predicted octanol–water partition coefficient (Wildman–Crippen LogP) is 5.35. The van der Waals surface area contributed by atoms with Crippen LogP contribution in [0.25, 0.3) is 10.9 Å². The number of amides is 3. The van der Waals surface area contributed by atoms with E-state index in [0.717, 1.165) is 24.3 Å². The monoisotopic (exact) mass is 511 g/mol. The van der Waals surface area contributed by atoms with E-state index < -0.39 is 41.4 Å². The molecule has 1 heterocycles. The van der Waals surface area contributed by atoms with Crippen molar-refractivity contribution in [2.45, 2.75) is 6.42 Å². The highest BCUT2D eigenvalue weighted by Gasteiger charge is 2.17. The Morgan fingerprint density at radius 2 is 1.54 bits per heavy atom. The second-order valence-corrected chi connectivity index (χ2v) is 7.66. The molecule has 0 aliphatic heterocycles. The lowest BCUT2D eigenvalue weighted by Crippen LogP contribution is -2.35. The number of urea groups is 1. The van der Waals surface area contributed by atoms with Gasteiger partial charge in [-0.1, -0.05) is 6.07 Å². The van der Waals surface area contributed by atoms with Crippen LogP contribution in [0.5, 0.6) is 23.0 Å². The van der Waals surface area contributed by atoms with Crippen LogP contribution < -0.4 is 24.8 Å². The Kier molecular flexibility index (Phi) is 7.42. The number of pyridine rings is 1. The quantitative estimate of drug-likeness (QED) is 0.347. The number of anilines is 1. The number of ether oxygens (including phenoxy) is 3. The van der Waals surface area contributed by atoms with Gasteiger partial charge in [0.05, 0.1) is 26.2 Å². The zero-order valence-corrected chi connectivity index (χ0v) is 19.6. The molecular formula is C26H20F3N3O5. The molecule has 0 fully saturated rings. The number of nitrogens with zero attached hydrogens (tertiary/aromatic N) is 1. The zero-order chi connectivity index (χ0) is 26.5. The van der Waals surface area contributed by atoms with Gasteiger partial charge in [0, 0.05) is 35.0 Å². The largest absolute Gasteiger partial charge is 0.493 e. The summed E-state index contributed by atoms with van der Waals surface area (Å²) < 4.78 is 58.5. The maximum atomic E-state index is 14.8. The molecule has 0 saturated heterocycles. The van der Waals surface area contributed by atoms with Gasteiger partial charge in [0.1, 0.15) is 17.4 Å². The Bertz CT molecular complexity index is 1480. The van der Waals surface area contributed by atoms with E-state index in [1.165, 1.54) is 32.5 Å². The molecule has 0 atom stereocenters. The maximum Gasteiger partial charge on any atom is 0.325 e. The minimum Gasteiger partial charge on any atom is -0.493 e. The molecule has 4 rings (SSSR count). The third-order valence-electron chi connectivity index (χ3n) is 5.27. The number of aromatic nitrogens is 1. The van der Waals surface area contributed by atoms with Gasteiger partial charge < -0.3 is 19.5 Å². The average Bonchev–Trinajstić information content (AvgIpc) is 2.87. The lowest BCUT2D eigenvalue weighted by Gasteiger charge is -2.13. The molecule has 0 bridgehead atoms. The van der Waals surface area contributed by atoms with Crippen molar-refractivity contribution in [2.75, 3.05) is 19.5 Å². The van der Waals surface area contributed by atoms with E-state index in [4.69, 9.17) is 14.2 Å². The van der Waals surface area contributed by atoms with Gasteiger partial charge >= 0.3 is 6.03 Å². The Balaban J connectivity index is 1.45. The van der Waals surface area contributed by atoms with E-state index in [0.29, 0.717) is 28.2 Å². The van der Waals surface area contributed by atoms with Crippen LogP contribution in [0.2, 0.25) is 0 Å². The second-order valence-electron chi connectivity index (χ2n) is 7.66. The SMILES string of the molecule is COc1cc2nccc(Oc3ccc(NC(=O)NC(=O)Cc4c(F)cccc4F)cc3F)c2cc1OC. The van der Waals surface area contributed by atoms with Gasteiger partial charge in [-0.2, -0.15) is 0 Å². The molecular weight excluding hydrogens is 491 g/mol. The fraction of sp³-hybridized carbons (Fsp3) is 0.115. The van der Waals surface area contributed by atoms with Gasteiger partial charge in [0.2, 0.25) is 5.91 Å². The zero-order valence-electron chi connectivity index (χ0n) is 19.6. The average molecular weight is 511 g/mol. The molecule has 37 heavy (non-hydrogen) atoms. The fourth-order valence-corrected chi connectivity index (χ4v) is 3.51.